The van der Waals surface area contributed by atoms with E-state index in [0.29, 0.717) is 5.92 Å². The van der Waals surface area contributed by atoms with Gasteiger partial charge in [0.15, 0.2) is 0 Å². The van der Waals surface area contributed by atoms with Gasteiger partial charge in [0, 0.05) is 6.04 Å². The van der Waals surface area contributed by atoms with Crippen molar-refractivity contribution in [1.82, 2.24) is 4.72 Å². The Bertz CT molecular complexity index is 349. The molecule has 0 aromatic rings. The SMILES string of the molecule is O=S(=O)(CC1CCCCC1)N[C@H]1CCCC[C@@H]1O. The number of hydrogen-bond acceptors (Lipinski definition) is 3. The second-order valence-electron chi connectivity index (χ2n) is 5.86. The maximum Gasteiger partial charge on any atom is 0.212 e. The molecule has 0 aromatic carbocycles. The van der Waals surface area contributed by atoms with Crippen LogP contribution < -0.4 is 4.72 Å². The molecule has 0 radical (unpaired) electrons. The number of hydrogen-bond donors (Lipinski definition) is 2. The molecule has 0 spiro atoms. The third-order valence-corrected chi connectivity index (χ3v) is 5.81. The minimum Gasteiger partial charge on any atom is -0.391 e. The Labute approximate surface area is 110 Å². The highest BCUT2D eigenvalue weighted by atomic mass is 32.2. The van der Waals surface area contributed by atoms with Crippen LogP contribution in [0.15, 0.2) is 0 Å². The van der Waals surface area contributed by atoms with E-state index in [-0.39, 0.29) is 11.8 Å². The summed E-state index contributed by atoms with van der Waals surface area (Å²) in [4.78, 5) is 0. The monoisotopic (exact) mass is 275 g/mol. The van der Waals surface area contributed by atoms with E-state index in [2.05, 4.69) is 4.72 Å². The van der Waals surface area contributed by atoms with Crippen molar-refractivity contribution in [3.63, 3.8) is 0 Å². The standard InChI is InChI=1S/C13H25NO3S/c15-13-9-5-4-8-12(13)14-18(16,17)10-11-6-2-1-3-7-11/h11-15H,1-10H2/t12-,13-/m0/s1. The first kappa shape index (κ1) is 14.3. The normalized spacial score (nSPS) is 31.4. The smallest absolute Gasteiger partial charge is 0.212 e. The van der Waals surface area contributed by atoms with Gasteiger partial charge >= 0.3 is 0 Å². The van der Waals surface area contributed by atoms with Crippen molar-refractivity contribution >= 4 is 10.0 Å². The Morgan fingerprint density at radius 2 is 1.56 bits per heavy atom. The average Bonchev–Trinajstić information content (AvgIpc) is 2.32. The van der Waals surface area contributed by atoms with Crippen molar-refractivity contribution in [1.29, 1.82) is 0 Å². The van der Waals surface area contributed by atoms with E-state index >= 15 is 0 Å². The molecule has 2 atom stereocenters. The van der Waals surface area contributed by atoms with E-state index < -0.39 is 16.1 Å². The molecule has 5 heteroatoms. The van der Waals surface area contributed by atoms with Gasteiger partial charge in [-0.3, -0.25) is 0 Å². The Balaban J connectivity index is 1.85. The minimum atomic E-state index is -3.22. The predicted molar refractivity (Wildman–Crippen MR) is 71.8 cm³/mol. The van der Waals surface area contributed by atoms with Gasteiger partial charge in [-0.15, -0.1) is 0 Å². The maximum absolute atomic E-state index is 12.1. The molecule has 2 N–H and O–H groups in total. The quantitative estimate of drug-likeness (QED) is 0.822. The van der Waals surface area contributed by atoms with Crippen LogP contribution >= 0.6 is 0 Å². The summed E-state index contributed by atoms with van der Waals surface area (Å²) < 4.78 is 26.9. The molecule has 0 bridgehead atoms. The lowest BCUT2D eigenvalue weighted by atomic mass is 9.91. The van der Waals surface area contributed by atoms with Crippen molar-refractivity contribution < 1.29 is 13.5 Å². The summed E-state index contributed by atoms with van der Waals surface area (Å²) >= 11 is 0. The molecule has 2 fully saturated rings. The molecule has 0 amide bonds. The van der Waals surface area contributed by atoms with Crippen molar-refractivity contribution in [3.05, 3.63) is 0 Å². The van der Waals surface area contributed by atoms with Gasteiger partial charge in [0.1, 0.15) is 0 Å². The first-order valence-electron chi connectivity index (χ1n) is 7.25. The van der Waals surface area contributed by atoms with E-state index in [1.165, 1.54) is 6.42 Å². The molecule has 18 heavy (non-hydrogen) atoms. The zero-order valence-electron chi connectivity index (χ0n) is 11.0. The topological polar surface area (TPSA) is 66.4 Å². The zero-order chi connectivity index (χ0) is 13.0. The largest absolute Gasteiger partial charge is 0.391 e. The molecule has 2 saturated carbocycles. The molecule has 0 unspecified atom stereocenters. The molecule has 0 saturated heterocycles. The fraction of sp³-hybridized carbons (Fsp3) is 1.00. The minimum absolute atomic E-state index is 0.246. The molecule has 2 rings (SSSR count). The van der Waals surface area contributed by atoms with Gasteiger partial charge in [0.2, 0.25) is 10.0 Å². The van der Waals surface area contributed by atoms with Crippen molar-refractivity contribution in [3.8, 4) is 0 Å². The molecule has 2 aliphatic rings. The first-order valence-corrected chi connectivity index (χ1v) is 8.90. The number of aliphatic hydroxyl groups is 1. The lowest BCUT2D eigenvalue weighted by Gasteiger charge is -2.29. The third kappa shape index (κ3) is 4.21. The van der Waals surface area contributed by atoms with Crippen LogP contribution in [-0.4, -0.2) is 31.4 Å². The Kier molecular flexibility index (Phi) is 5.04. The van der Waals surface area contributed by atoms with Crippen LogP contribution in [0.5, 0.6) is 0 Å². The van der Waals surface area contributed by atoms with Crippen LogP contribution in [0.2, 0.25) is 0 Å². The molecule has 0 aliphatic heterocycles. The number of rotatable bonds is 4. The van der Waals surface area contributed by atoms with Crippen LogP contribution in [0.25, 0.3) is 0 Å². The maximum atomic E-state index is 12.1. The van der Waals surface area contributed by atoms with Gasteiger partial charge in [-0.2, -0.15) is 0 Å². The Morgan fingerprint density at radius 3 is 2.22 bits per heavy atom. The summed E-state index contributed by atoms with van der Waals surface area (Å²) in [5.74, 6) is 0.563. The molecule has 0 heterocycles. The van der Waals surface area contributed by atoms with Gasteiger partial charge < -0.3 is 5.11 Å². The number of nitrogens with one attached hydrogen (secondary N) is 1. The van der Waals surface area contributed by atoms with E-state index in [4.69, 9.17) is 0 Å². The van der Waals surface area contributed by atoms with Gasteiger partial charge in [0.25, 0.3) is 0 Å². The summed E-state index contributed by atoms with van der Waals surface area (Å²) in [5, 5.41) is 9.81. The van der Waals surface area contributed by atoms with Gasteiger partial charge in [-0.25, -0.2) is 13.1 Å². The average molecular weight is 275 g/mol. The molecule has 4 nitrogen and oxygen atoms in total. The summed E-state index contributed by atoms with van der Waals surface area (Å²) in [6, 6.07) is -0.257. The molecule has 106 valence electrons. The number of sulfonamides is 1. The third-order valence-electron chi connectivity index (χ3n) is 4.24. The van der Waals surface area contributed by atoms with Crippen molar-refractivity contribution in [2.75, 3.05) is 5.75 Å². The van der Waals surface area contributed by atoms with Crippen molar-refractivity contribution in [2.24, 2.45) is 5.92 Å². The summed E-state index contributed by atoms with van der Waals surface area (Å²) in [7, 11) is -3.22. The Morgan fingerprint density at radius 1 is 0.944 bits per heavy atom. The second kappa shape index (κ2) is 6.35. The molecular formula is C13H25NO3S. The van der Waals surface area contributed by atoms with E-state index in [1.807, 2.05) is 0 Å². The summed E-state index contributed by atoms with van der Waals surface area (Å²) in [6.07, 6.45) is 8.63. The zero-order valence-corrected chi connectivity index (χ0v) is 11.8. The highest BCUT2D eigenvalue weighted by Gasteiger charge is 2.29. The highest BCUT2D eigenvalue weighted by molar-refractivity contribution is 7.89. The number of aliphatic hydroxyl groups excluding tert-OH is 1. The van der Waals surface area contributed by atoms with Gasteiger partial charge in [-0.05, 0) is 31.6 Å². The summed E-state index contributed by atoms with van der Waals surface area (Å²) in [6.45, 7) is 0. The fourth-order valence-electron chi connectivity index (χ4n) is 3.19. The van der Waals surface area contributed by atoms with Crippen LogP contribution in [0, 0.1) is 5.92 Å². The lowest BCUT2D eigenvalue weighted by Crippen LogP contribution is -2.46. The van der Waals surface area contributed by atoms with Crippen LogP contribution in [-0.2, 0) is 10.0 Å². The molecule has 2 aliphatic carbocycles. The lowest BCUT2D eigenvalue weighted by molar-refractivity contribution is 0.101. The van der Waals surface area contributed by atoms with Crippen molar-refractivity contribution in [2.45, 2.75) is 69.9 Å². The van der Waals surface area contributed by atoms with Crippen LogP contribution in [0.4, 0.5) is 0 Å². The summed E-state index contributed by atoms with van der Waals surface area (Å²) in [5.41, 5.74) is 0. The van der Waals surface area contributed by atoms with Crippen LogP contribution in [0.1, 0.15) is 57.8 Å². The highest BCUT2D eigenvalue weighted by Crippen LogP contribution is 2.25. The van der Waals surface area contributed by atoms with Gasteiger partial charge in [-0.1, -0.05) is 32.1 Å². The van der Waals surface area contributed by atoms with E-state index in [0.717, 1.165) is 51.4 Å². The van der Waals surface area contributed by atoms with Gasteiger partial charge in [0.05, 0.1) is 11.9 Å². The second-order valence-corrected chi connectivity index (χ2v) is 7.66. The van der Waals surface area contributed by atoms with E-state index in [1.54, 1.807) is 0 Å². The Hall–Kier alpha value is -0.130. The molecule has 0 aromatic heterocycles. The van der Waals surface area contributed by atoms with E-state index in [9.17, 15) is 13.5 Å². The first-order chi connectivity index (χ1) is 8.57. The fourth-order valence-corrected chi connectivity index (χ4v) is 4.98. The predicted octanol–water partition coefficient (Wildman–Crippen LogP) is 1.79. The van der Waals surface area contributed by atoms with Crippen LogP contribution in [0.3, 0.4) is 0 Å². The molecular weight excluding hydrogens is 250 g/mol.